The van der Waals surface area contributed by atoms with E-state index in [9.17, 15) is 5.11 Å². The monoisotopic (exact) mass is 294 g/mol. The highest BCUT2D eigenvalue weighted by atomic mass is 16.3. The lowest BCUT2D eigenvalue weighted by molar-refractivity contribution is 0.475. The number of phenols is 1. The number of rotatable bonds is 7. The molecule has 0 radical (unpaired) electrons. The van der Waals surface area contributed by atoms with Gasteiger partial charge >= 0.3 is 0 Å². The van der Waals surface area contributed by atoms with Crippen molar-refractivity contribution in [2.24, 2.45) is 10.2 Å². The molecule has 1 N–H and O–H groups in total. The first kappa shape index (κ1) is 15.4. The Labute approximate surface area is 130 Å². The van der Waals surface area contributed by atoms with Crippen molar-refractivity contribution in [3.63, 3.8) is 0 Å². The molecule has 5 heteroatoms. The third kappa shape index (κ3) is 3.79. The molecule has 22 heavy (non-hydrogen) atoms. The summed E-state index contributed by atoms with van der Waals surface area (Å²) in [5.41, 5.74) is 1.16. The Balaban J connectivity index is 2.39. The Hall–Kier alpha value is -2.95. The molecule has 0 aliphatic heterocycles. The van der Waals surface area contributed by atoms with Crippen molar-refractivity contribution in [1.29, 1.82) is 0 Å². The summed E-state index contributed by atoms with van der Waals surface area (Å²) >= 11 is 0. The maximum atomic E-state index is 10.2. The van der Waals surface area contributed by atoms with Crippen LogP contribution in [0.1, 0.15) is 0 Å². The number of azo groups is 1. The van der Waals surface area contributed by atoms with E-state index in [4.69, 9.17) is 0 Å². The zero-order valence-corrected chi connectivity index (χ0v) is 12.3. The minimum absolute atomic E-state index is 0.140. The number of aromatic hydroxyl groups is 1. The van der Waals surface area contributed by atoms with Gasteiger partial charge in [0.2, 0.25) is 0 Å². The smallest absolute Gasteiger partial charge is 0.174 e. The summed E-state index contributed by atoms with van der Waals surface area (Å²) in [4.78, 5) is 6.01. The van der Waals surface area contributed by atoms with Gasteiger partial charge in [0, 0.05) is 19.3 Å². The van der Waals surface area contributed by atoms with Crippen molar-refractivity contribution in [2.75, 3.05) is 18.0 Å². The molecule has 0 bridgehead atoms. The van der Waals surface area contributed by atoms with Gasteiger partial charge in [-0.25, -0.2) is 4.98 Å². The number of hydrogen-bond donors (Lipinski definition) is 1. The van der Waals surface area contributed by atoms with E-state index in [-0.39, 0.29) is 5.75 Å². The molecule has 0 aliphatic carbocycles. The number of nitrogens with zero attached hydrogens (tertiary/aromatic N) is 4. The summed E-state index contributed by atoms with van der Waals surface area (Å²) in [6.07, 6.45) is 5.17. The van der Waals surface area contributed by atoms with Crippen molar-refractivity contribution in [1.82, 2.24) is 4.98 Å². The van der Waals surface area contributed by atoms with Crippen molar-refractivity contribution in [2.45, 2.75) is 0 Å². The van der Waals surface area contributed by atoms with Gasteiger partial charge in [-0.2, -0.15) is 0 Å². The molecular weight excluding hydrogens is 276 g/mol. The van der Waals surface area contributed by atoms with Gasteiger partial charge in [-0.05, 0) is 24.3 Å². The van der Waals surface area contributed by atoms with Crippen LogP contribution in [-0.4, -0.2) is 23.2 Å². The number of phenolic OH excluding ortho intramolecular Hbond substituents is 1. The SMILES string of the molecule is C=CCN(CC=C)c1c(O)cccc1N=Nc1ccccn1. The Morgan fingerprint density at radius 1 is 1.05 bits per heavy atom. The van der Waals surface area contributed by atoms with Gasteiger partial charge in [0.05, 0.1) is 0 Å². The lowest BCUT2D eigenvalue weighted by atomic mass is 10.2. The van der Waals surface area contributed by atoms with Crippen LogP contribution in [0.15, 0.2) is 78.1 Å². The van der Waals surface area contributed by atoms with Gasteiger partial charge in [-0.1, -0.05) is 24.3 Å². The molecule has 0 saturated heterocycles. The standard InChI is InChI=1S/C17H18N4O/c1-3-12-21(13-4-2)17-14(8-7-9-15(17)22)19-20-16-10-5-6-11-18-16/h3-11,22H,1-2,12-13H2. The van der Waals surface area contributed by atoms with Crippen LogP contribution < -0.4 is 4.90 Å². The second-order valence-electron chi connectivity index (χ2n) is 4.52. The molecule has 1 heterocycles. The summed E-state index contributed by atoms with van der Waals surface area (Å²) in [7, 11) is 0. The zero-order valence-electron chi connectivity index (χ0n) is 12.3. The molecule has 5 nitrogen and oxygen atoms in total. The normalized spacial score (nSPS) is 10.5. The number of hydrogen-bond acceptors (Lipinski definition) is 5. The van der Waals surface area contributed by atoms with Crippen LogP contribution in [0.4, 0.5) is 17.2 Å². The Kier molecular flexibility index (Phi) is 5.43. The molecule has 0 spiro atoms. The molecular formula is C17H18N4O. The molecule has 2 aromatic rings. The summed E-state index contributed by atoms with van der Waals surface area (Å²) in [6.45, 7) is 8.61. The molecule has 0 atom stereocenters. The van der Waals surface area contributed by atoms with Crippen LogP contribution in [0, 0.1) is 0 Å². The second kappa shape index (κ2) is 7.73. The number of anilines is 1. The molecule has 1 aromatic heterocycles. The average molecular weight is 294 g/mol. The van der Waals surface area contributed by atoms with E-state index in [1.165, 1.54) is 0 Å². The van der Waals surface area contributed by atoms with E-state index >= 15 is 0 Å². The van der Waals surface area contributed by atoms with E-state index in [0.29, 0.717) is 30.3 Å². The van der Waals surface area contributed by atoms with Crippen LogP contribution in [-0.2, 0) is 0 Å². The quantitative estimate of drug-likeness (QED) is 0.609. The average Bonchev–Trinajstić information content (AvgIpc) is 2.54. The second-order valence-corrected chi connectivity index (χ2v) is 4.52. The first-order valence-corrected chi connectivity index (χ1v) is 6.87. The molecule has 0 saturated carbocycles. The van der Waals surface area contributed by atoms with E-state index < -0.39 is 0 Å². The maximum absolute atomic E-state index is 10.2. The summed E-state index contributed by atoms with van der Waals surface area (Å²) in [5.74, 6) is 0.650. The van der Waals surface area contributed by atoms with Gasteiger partial charge in [-0.3, -0.25) is 0 Å². The maximum Gasteiger partial charge on any atom is 0.174 e. The topological polar surface area (TPSA) is 61.1 Å². The molecule has 0 unspecified atom stereocenters. The Morgan fingerprint density at radius 2 is 1.82 bits per heavy atom. The minimum atomic E-state index is 0.140. The first-order valence-electron chi connectivity index (χ1n) is 6.87. The van der Waals surface area contributed by atoms with Gasteiger partial charge < -0.3 is 10.0 Å². The van der Waals surface area contributed by atoms with E-state index in [1.807, 2.05) is 17.0 Å². The fraction of sp³-hybridized carbons (Fsp3) is 0.118. The molecule has 0 amide bonds. The third-order valence-electron chi connectivity index (χ3n) is 2.92. The van der Waals surface area contributed by atoms with E-state index in [2.05, 4.69) is 28.4 Å². The van der Waals surface area contributed by atoms with Crippen LogP contribution in [0.25, 0.3) is 0 Å². The number of para-hydroxylation sites is 1. The van der Waals surface area contributed by atoms with Crippen LogP contribution >= 0.6 is 0 Å². The van der Waals surface area contributed by atoms with Crippen molar-refractivity contribution in [3.8, 4) is 5.75 Å². The highest BCUT2D eigenvalue weighted by Crippen LogP contribution is 2.37. The number of pyridine rings is 1. The van der Waals surface area contributed by atoms with Crippen LogP contribution in [0.2, 0.25) is 0 Å². The molecule has 2 rings (SSSR count). The van der Waals surface area contributed by atoms with E-state index in [0.717, 1.165) is 0 Å². The van der Waals surface area contributed by atoms with Gasteiger partial charge in [0.25, 0.3) is 0 Å². The van der Waals surface area contributed by atoms with Gasteiger partial charge in [0.15, 0.2) is 5.82 Å². The first-order chi connectivity index (χ1) is 10.8. The molecule has 112 valence electrons. The van der Waals surface area contributed by atoms with Gasteiger partial charge in [-0.15, -0.1) is 23.4 Å². The molecule has 1 aromatic carbocycles. The van der Waals surface area contributed by atoms with Crippen molar-refractivity contribution >= 4 is 17.2 Å². The predicted molar refractivity (Wildman–Crippen MR) is 89.1 cm³/mol. The third-order valence-corrected chi connectivity index (χ3v) is 2.92. The van der Waals surface area contributed by atoms with Crippen LogP contribution in [0.3, 0.4) is 0 Å². The minimum Gasteiger partial charge on any atom is -0.506 e. The largest absolute Gasteiger partial charge is 0.506 e. The molecule has 0 aliphatic rings. The summed E-state index contributed by atoms with van der Waals surface area (Å²) in [5, 5.41) is 18.5. The lowest BCUT2D eigenvalue weighted by Gasteiger charge is -2.23. The fourth-order valence-corrected chi connectivity index (χ4v) is 2.01. The van der Waals surface area contributed by atoms with E-state index in [1.54, 1.807) is 42.6 Å². The zero-order chi connectivity index (χ0) is 15.8. The highest BCUT2D eigenvalue weighted by Gasteiger charge is 2.14. The Morgan fingerprint density at radius 3 is 2.45 bits per heavy atom. The summed E-state index contributed by atoms with van der Waals surface area (Å²) in [6, 6.07) is 10.6. The van der Waals surface area contributed by atoms with Gasteiger partial charge in [0.1, 0.15) is 17.1 Å². The fourth-order valence-electron chi connectivity index (χ4n) is 2.01. The number of benzene rings is 1. The number of aromatic nitrogens is 1. The Bertz CT molecular complexity index is 658. The molecule has 0 fully saturated rings. The van der Waals surface area contributed by atoms with Crippen LogP contribution in [0.5, 0.6) is 5.75 Å². The van der Waals surface area contributed by atoms with Crippen molar-refractivity contribution in [3.05, 3.63) is 67.9 Å². The summed E-state index contributed by atoms with van der Waals surface area (Å²) < 4.78 is 0. The van der Waals surface area contributed by atoms with Crippen molar-refractivity contribution < 1.29 is 5.11 Å². The highest BCUT2D eigenvalue weighted by molar-refractivity contribution is 5.74. The predicted octanol–water partition coefficient (Wildman–Crippen LogP) is 4.38. The lowest BCUT2D eigenvalue weighted by Crippen LogP contribution is -2.23.